The van der Waals surface area contributed by atoms with Crippen molar-refractivity contribution in [1.29, 1.82) is 0 Å². The SMILES string of the molecule is CCNC(c1ccc(F)c(F)c1)c1cnccc1C. The summed E-state index contributed by atoms with van der Waals surface area (Å²) in [6, 6.07) is 5.70. The van der Waals surface area contributed by atoms with Gasteiger partial charge < -0.3 is 5.32 Å². The summed E-state index contributed by atoms with van der Waals surface area (Å²) in [6.45, 7) is 4.66. The Morgan fingerprint density at radius 1 is 1.21 bits per heavy atom. The first-order valence-electron chi connectivity index (χ1n) is 6.22. The van der Waals surface area contributed by atoms with Gasteiger partial charge in [0.1, 0.15) is 0 Å². The zero-order chi connectivity index (χ0) is 13.8. The Kier molecular flexibility index (Phi) is 4.22. The second-order valence-corrected chi connectivity index (χ2v) is 4.40. The first-order chi connectivity index (χ1) is 9.13. The zero-order valence-corrected chi connectivity index (χ0v) is 11.0. The monoisotopic (exact) mass is 262 g/mol. The van der Waals surface area contributed by atoms with Crippen LogP contribution in [0, 0.1) is 18.6 Å². The minimum absolute atomic E-state index is 0.186. The summed E-state index contributed by atoms with van der Waals surface area (Å²) in [5.74, 6) is -1.66. The third kappa shape index (κ3) is 2.96. The van der Waals surface area contributed by atoms with Crippen LogP contribution in [0.15, 0.2) is 36.7 Å². The lowest BCUT2D eigenvalue weighted by Crippen LogP contribution is -2.23. The Balaban J connectivity index is 2.45. The van der Waals surface area contributed by atoms with Crippen LogP contribution in [-0.2, 0) is 0 Å². The van der Waals surface area contributed by atoms with Crippen molar-refractivity contribution < 1.29 is 8.78 Å². The summed E-state index contributed by atoms with van der Waals surface area (Å²) in [5.41, 5.74) is 2.72. The third-order valence-electron chi connectivity index (χ3n) is 3.08. The number of nitrogens with one attached hydrogen (secondary N) is 1. The van der Waals surface area contributed by atoms with E-state index in [4.69, 9.17) is 0 Å². The van der Waals surface area contributed by atoms with Crippen molar-refractivity contribution >= 4 is 0 Å². The first-order valence-corrected chi connectivity index (χ1v) is 6.22. The van der Waals surface area contributed by atoms with Crippen molar-refractivity contribution in [3.63, 3.8) is 0 Å². The van der Waals surface area contributed by atoms with Crippen LogP contribution in [0.25, 0.3) is 0 Å². The molecule has 0 aliphatic heterocycles. The maximum absolute atomic E-state index is 13.4. The molecule has 100 valence electrons. The lowest BCUT2D eigenvalue weighted by molar-refractivity contribution is 0.503. The number of aryl methyl sites for hydroxylation is 1. The first kappa shape index (κ1) is 13.6. The van der Waals surface area contributed by atoms with Gasteiger partial charge in [0.15, 0.2) is 11.6 Å². The standard InChI is InChI=1S/C15H16F2N2/c1-3-19-15(12-9-18-7-6-10(12)2)11-4-5-13(16)14(17)8-11/h4-9,15,19H,3H2,1-2H3. The maximum Gasteiger partial charge on any atom is 0.159 e. The Labute approximate surface area is 111 Å². The van der Waals surface area contributed by atoms with E-state index in [0.717, 1.165) is 23.7 Å². The van der Waals surface area contributed by atoms with E-state index < -0.39 is 11.6 Å². The van der Waals surface area contributed by atoms with E-state index in [2.05, 4.69) is 10.3 Å². The lowest BCUT2D eigenvalue weighted by atomic mass is 9.96. The molecule has 0 radical (unpaired) electrons. The van der Waals surface area contributed by atoms with E-state index >= 15 is 0 Å². The van der Waals surface area contributed by atoms with Crippen LogP contribution >= 0.6 is 0 Å². The smallest absolute Gasteiger partial charge is 0.159 e. The van der Waals surface area contributed by atoms with Gasteiger partial charge in [-0.25, -0.2) is 8.78 Å². The quantitative estimate of drug-likeness (QED) is 0.913. The number of benzene rings is 1. The number of halogens is 2. The van der Waals surface area contributed by atoms with Gasteiger partial charge in [-0.15, -0.1) is 0 Å². The zero-order valence-electron chi connectivity index (χ0n) is 11.0. The molecule has 2 aromatic rings. The molecule has 0 spiro atoms. The molecule has 4 heteroatoms. The summed E-state index contributed by atoms with van der Waals surface area (Å²) in [4.78, 5) is 4.11. The number of nitrogens with zero attached hydrogens (tertiary/aromatic N) is 1. The average molecular weight is 262 g/mol. The second-order valence-electron chi connectivity index (χ2n) is 4.40. The van der Waals surface area contributed by atoms with Crippen molar-refractivity contribution in [2.75, 3.05) is 6.54 Å². The molecular weight excluding hydrogens is 246 g/mol. The second kappa shape index (κ2) is 5.89. The molecule has 2 rings (SSSR count). The number of pyridine rings is 1. The Hall–Kier alpha value is -1.81. The Morgan fingerprint density at radius 2 is 2.00 bits per heavy atom. The minimum atomic E-state index is -0.832. The summed E-state index contributed by atoms with van der Waals surface area (Å²) in [6.07, 6.45) is 3.47. The highest BCUT2D eigenvalue weighted by atomic mass is 19.2. The molecule has 1 heterocycles. The predicted octanol–water partition coefficient (Wildman–Crippen LogP) is 3.37. The molecule has 0 aliphatic carbocycles. The third-order valence-corrected chi connectivity index (χ3v) is 3.08. The minimum Gasteiger partial charge on any atom is -0.306 e. The summed E-state index contributed by atoms with van der Waals surface area (Å²) in [5, 5.41) is 3.27. The Bertz CT molecular complexity index is 570. The molecule has 0 saturated heterocycles. The van der Waals surface area contributed by atoms with Crippen molar-refractivity contribution in [2.45, 2.75) is 19.9 Å². The molecule has 0 aliphatic rings. The highest BCUT2D eigenvalue weighted by molar-refractivity contribution is 5.35. The van der Waals surface area contributed by atoms with E-state index in [9.17, 15) is 8.78 Å². The highest BCUT2D eigenvalue weighted by Gasteiger charge is 2.16. The lowest BCUT2D eigenvalue weighted by Gasteiger charge is -2.20. The van der Waals surface area contributed by atoms with E-state index in [1.54, 1.807) is 18.5 Å². The van der Waals surface area contributed by atoms with E-state index in [1.165, 1.54) is 6.07 Å². The molecule has 1 atom stereocenters. The molecular formula is C15H16F2N2. The van der Waals surface area contributed by atoms with Crippen LogP contribution in [0.1, 0.15) is 29.7 Å². The van der Waals surface area contributed by atoms with E-state index in [-0.39, 0.29) is 6.04 Å². The summed E-state index contributed by atoms with van der Waals surface area (Å²) >= 11 is 0. The molecule has 0 amide bonds. The molecule has 19 heavy (non-hydrogen) atoms. The van der Waals surface area contributed by atoms with Crippen molar-refractivity contribution in [3.05, 3.63) is 65.0 Å². The van der Waals surface area contributed by atoms with Crippen molar-refractivity contribution in [1.82, 2.24) is 10.3 Å². The molecule has 1 aromatic carbocycles. The number of rotatable bonds is 4. The molecule has 0 fully saturated rings. The largest absolute Gasteiger partial charge is 0.306 e. The van der Waals surface area contributed by atoms with Gasteiger partial charge in [0.05, 0.1) is 6.04 Å². The van der Waals surface area contributed by atoms with Crippen LogP contribution in [0.3, 0.4) is 0 Å². The normalized spacial score (nSPS) is 12.4. The fourth-order valence-electron chi connectivity index (χ4n) is 2.08. The van der Waals surface area contributed by atoms with Gasteiger partial charge in [-0.3, -0.25) is 4.98 Å². The summed E-state index contributed by atoms with van der Waals surface area (Å²) in [7, 11) is 0. The molecule has 1 unspecified atom stereocenters. The number of aromatic nitrogens is 1. The molecule has 0 bridgehead atoms. The van der Waals surface area contributed by atoms with Crippen LogP contribution in [0.5, 0.6) is 0 Å². The highest BCUT2D eigenvalue weighted by Crippen LogP contribution is 2.25. The number of hydrogen-bond donors (Lipinski definition) is 1. The van der Waals surface area contributed by atoms with Gasteiger partial charge in [0, 0.05) is 12.4 Å². The van der Waals surface area contributed by atoms with Gasteiger partial charge in [-0.2, -0.15) is 0 Å². The molecule has 0 saturated carbocycles. The van der Waals surface area contributed by atoms with E-state index in [1.807, 2.05) is 19.9 Å². The van der Waals surface area contributed by atoms with Gasteiger partial charge in [-0.05, 0) is 48.4 Å². The average Bonchev–Trinajstić information content (AvgIpc) is 2.40. The van der Waals surface area contributed by atoms with Crippen molar-refractivity contribution in [3.8, 4) is 0 Å². The van der Waals surface area contributed by atoms with Gasteiger partial charge in [-0.1, -0.05) is 13.0 Å². The topological polar surface area (TPSA) is 24.9 Å². The predicted molar refractivity (Wildman–Crippen MR) is 70.9 cm³/mol. The summed E-state index contributed by atoms with van der Waals surface area (Å²) < 4.78 is 26.4. The fraction of sp³-hybridized carbons (Fsp3) is 0.267. The van der Waals surface area contributed by atoms with Gasteiger partial charge in [0.2, 0.25) is 0 Å². The fourth-order valence-corrected chi connectivity index (χ4v) is 2.08. The van der Waals surface area contributed by atoms with Crippen LogP contribution in [0.4, 0.5) is 8.78 Å². The van der Waals surface area contributed by atoms with Crippen LogP contribution in [-0.4, -0.2) is 11.5 Å². The van der Waals surface area contributed by atoms with Crippen molar-refractivity contribution in [2.24, 2.45) is 0 Å². The molecule has 2 nitrogen and oxygen atoms in total. The maximum atomic E-state index is 13.4. The van der Waals surface area contributed by atoms with Crippen LogP contribution < -0.4 is 5.32 Å². The molecule has 1 aromatic heterocycles. The van der Waals surface area contributed by atoms with Gasteiger partial charge >= 0.3 is 0 Å². The van der Waals surface area contributed by atoms with E-state index in [0.29, 0.717) is 5.56 Å². The van der Waals surface area contributed by atoms with Crippen LogP contribution in [0.2, 0.25) is 0 Å². The Morgan fingerprint density at radius 3 is 2.63 bits per heavy atom. The van der Waals surface area contributed by atoms with Gasteiger partial charge in [0.25, 0.3) is 0 Å². The molecule has 1 N–H and O–H groups in total. The number of hydrogen-bond acceptors (Lipinski definition) is 2.